The van der Waals surface area contributed by atoms with E-state index in [4.69, 9.17) is 25.8 Å². The molecule has 1 aliphatic rings. The van der Waals surface area contributed by atoms with Gasteiger partial charge in [-0.3, -0.25) is 0 Å². The second-order valence-corrected chi connectivity index (χ2v) is 4.57. The predicted octanol–water partition coefficient (Wildman–Crippen LogP) is 3.00. The van der Waals surface area contributed by atoms with E-state index in [9.17, 15) is 14.3 Å². The number of hydrogen-bond donors (Lipinski definition) is 1. The van der Waals surface area contributed by atoms with Gasteiger partial charge in [0.1, 0.15) is 25.6 Å². The summed E-state index contributed by atoms with van der Waals surface area (Å²) in [6.07, 6.45) is 1.36. The van der Waals surface area contributed by atoms with Crippen molar-refractivity contribution in [3.63, 3.8) is 0 Å². The molecule has 0 atom stereocenters. The van der Waals surface area contributed by atoms with Gasteiger partial charge in [0.15, 0.2) is 5.76 Å². The van der Waals surface area contributed by atoms with E-state index in [0.717, 1.165) is 5.56 Å². The normalized spacial score (nSPS) is 16.1. The number of carbonyl (C=O) groups is 1. The van der Waals surface area contributed by atoms with Crippen molar-refractivity contribution in [1.82, 2.24) is 0 Å². The van der Waals surface area contributed by atoms with Crippen LogP contribution in [0.1, 0.15) is 5.56 Å². The van der Waals surface area contributed by atoms with Gasteiger partial charge in [-0.05, 0) is 23.8 Å². The summed E-state index contributed by atoms with van der Waals surface area (Å²) in [4.78, 5) is 11.6. The van der Waals surface area contributed by atoms with Crippen molar-refractivity contribution >= 4 is 17.6 Å². The van der Waals surface area contributed by atoms with Crippen molar-refractivity contribution in [2.45, 2.75) is 6.61 Å². The fourth-order valence-electron chi connectivity index (χ4n) is 1.73. The number of carbonyl (C=O) groups excluding carboxylic acids is 1. The van der Waals surface area contributed by atoms with Gasteiger partial charge in [-0.1, -0.05) is 12.1 Å². The molecular weight excluding hydrogens is 315 g/mol. The molecule has 0 amide bonds. The second kappa shape index (κ2) is 7.70. The molecule has 1 aromatic carbocycles. The van der Waals surface area contributed by atoms with E-state index in [-0.39, 0.29) is 36.4 Å². The molecular formula is C15H14ClFO5. The van der Waals surface area contributed by atoms with Crippen LogP contribution in [0.2, 0.25) is 0 Å². The van der Waals surface area contributed by atoms with Crippen molar-refractivity contribution in [3.8, 4) is 5.75 Å². The Labute approximate surface area is 131 Å². The summed E-state index contributed by atoms with van der Waals surface area (Å²) in [6, 6.07) is 6.74. The summed E-state index contributed by atoms with van der Waals surface area (Å²) in [5.74, 6) is -0.763. The minimum atomic E-state index is -0.767. The topological polar surface area (TPSA) is 65.0 Å². The highest BCUT2D eigenvalue weighted by molar-refractivity contribution is 6.19. The van der Waals surface area contributed by atoms with Crippen LogP contribution in [-0.4, -0.2) is 30.2 Å². The maximum Gasteiger partial charge on any atom is 0.383 e. The number of aliphatic hydroxyl groups excluding tert-OH is 1. The van der Waals surface area contributed by atoms with Gasteiger partial charge in [-0.2, -0.15) is 0 Å². The standard InChI is InChI=1S/C15H14ClFO5/c16-6-5-12-13(18)14(15(19)22-12)21-9-10-1-3-11(4-2-10)20-8-7-17/h1-5,18H,6-9H2/b12-5+. The molecule has 22 heavy (non-hydrogen) atoms. The van der Waals surface area contributed by atoms with E-state index in [0.29, 0.717) is 5.75 Å². The highest BCUT2D eigenvalue weighted by Gasteiger charge is 2.31. The summed E-state index contributed by atoms with van der Waals surface area (Å²) in [7, 11) is 0. The van der Waals surface area contributed by atoms with E-state index in [2.05, 4.69) is 0 Å². The van der Waals surface area contributed by atoms with Crippen molar-refractivity contribution in [1.29, 1.82) is 0 Å². The zero-order chi connectivity index (χ0) is 15.9. The Balaban J connectivity index is 1.97. The lowest BCUT2D eigenvalue weighted by atomic mass is 10.2. The Morgan fingerprint density at radius 3 is 2.64 bits per heavy atom. The smallest absolute Gasteiger partial charge is 0.383 e. The molecule has 1 N–H and O–H groups in total. The number of benzene rings is 1. The minimum Gasteiger partial charge on any atom is -0.501 e. The quantitative estimate of drug-likeness (QED) is 0.615. The van der Waals surface area contributed by atoms with Gasteiger partial charge in [0.2, 0.25) is 5.76 Å². The zero-order valence-electron chi connectivity index (χ0n) is 11.6. The Bertz CT molecular complexity index is 594. The molecule has 0 unspecified atom stereocenters. The van der Waals surface area contributed by atoms with Crippen molar-refractivity contribution < 1.29 is 28.5 Å². The van der Waals surface area contributed by atoms with Crippen molar-refractivity contribution in [2.75, 3.05) is 19.2 Å². The number of ether oxygens (including phenoxy) is 3. The molecule has 0 bridgehead atoms. The molecule has 7 heteroatoms. The molecule has 1 heterocycles. The molecule has 0 aromatic heterocycles. The number of cyclic esters (lactones) is 1. The SMILES string of the molecule is O=C1O/C(=C/CCl)C(O)=C1OCc1ccc(OCCF)cc1. The zero-order valence-corrected chi connectivity index (χ0v) is 12.3. The van der Waals surface area contributed by atoms with E-state index in [1.54, 1.807) is 24.3 Å². The summed E-state index contributed by atoms with van der Waals surface area (Å²) < 4.78 is 27.2. The number of allylic oxidation sites excluding steroid dienone is 1. The number of alkyl halides is 2. The third kappa shape index (κ3) is 3.92. The van der Waals surface area contributed by atoms with Crippen LogP contribution in [0.15, 0.2) is 47.6 Å². The number of rotatable bonds is 7. The highest BCUT2D eigenvalue weighted by Crippen LogP contribution is 2.26. The maximum atomic E-state index is 12.0. The van der Waals surface area contributed by atoms with Gasteiger partial charge < -0.3 is 19.3 Å². The number of hydrogen-bond acceptors (Lipinski definition) is 5. The van der Waals surface area contributed by atoms with Crippen LogP contribution in [0.4, 0.5) is 4.39 Å². The van der Waals surface area contributed by atoms with E-state index >= 15 is 0 Å². The van der Waals surface area contributed by atoms with E-state index in [1.807, 2.05) is 0 Å². The lowest BCUT2D eigenvalue weighted by Crippen LogP contribution is -2.04. The largest absolute Gasteiger partial charge is 0.501 e. The Kier molecular flexibility index (Phi) is 5.66. The molecule has 1 aromatic rings. The molecule has 118 valence electrons. The molecule has 0 fully saturated rings. The molecule has 0 saturated carbocycles. The summed E-state index contributed by atoms with van der Waals surface area (Å²) in [5, 5.41) is 9.80. The summed E-state index contributed by atoms with van der Waals surface area (Å²) in [5.41, 5.74) is 0.746. The number of halogens is 2. The molecule has 0 saturated heterocycles. The molecule has 5 nitrogen and oxygen atoms in total. The van der Waals surface area contributed by atoms with Crippen LogP contribution >= 0.6 is 11.6 Å². The monoisotopic (exact) mass is 328 g/mol. The van der Waals surface area contributed by atoms with Crippen LogP contribution < -0.4 is 4.74 Å². The predicted molar refractivity (Wildman–Crippen MR) is 77.3 cm³/mol. The van der Waals surface area contributed by atoms with Gasteiger partial charge in [0.25, 0.3) is 5.76 Å². The first-order valence-electron chi connectivity index (χ1n) is 6.48. The average molecular weight is 329 g/mol. The Morgan fingerprint density at radius 2 is 2.00 bits per heavy atom. The third-order valence-electron chi connectivity index (χ3n) is 2.75. The molecule has 0 spiro atoms. The van der Waals surface area contributed by atoms with Crippen LogP contribution in [0, 0.1) is 0 Å². The first-order valence-corrected chi connectivity index (χ1v) is 7.01. The third-order valence-corrected chi connectivity index (χ3v) is 2.91. The first-order chi connectivity index (χ1) is 10.7. The molecule has 2 rings (SSSR count). The first kappa shape index (κ1) is 16.2. The molecule has 1 aliphatic heterocycles. The molecule has 0 radical (unpaired) electrons. The van der Waals surface area contributed by atoms with Crippen LogP contribution in [-0.2, 0) is 20.9 Å². The average Bonchev–Trinajstić information content (AvgIpc) is 2.79. The van der Waals surface area contributed by atoms with Crippen molar-refractivity contribution in [2.24, 2.45) is 0 Å². The van der Waals surface area contributed by atoms with Crippen LogP contribution in [0.25, 0.3) is 0 Å². The minimum absolute atomic E-state index is 0.00186. The van der Waals surface area contributed by atoms with E-state index < -0.39 is 12.6 Å². The van der Waals surface area contributed by atoms with Crippen LogP contribution in [0.5, 0.6) is 5.75 Å². The fourth-order valence-corrected chi connectivity index (χ4v) is 1.87. The van der Waals surface area contributed by atoms with Gasteiger partial charge in [0.05, 0.1) is 0 Å². The maximum absolute atomic E-state index is 12.0. The van der Waals surface area contributed by atoms with Gasteiger partial charge >= 0.3 is 5.97 Å². The van der Waals surface area contributed by atoms with Gasteiger partial charge in [-0.25, -0.2) is 9.18 Å². The van der Waals surface area contributed by atoms with Gasteiger partial charge in [-0.15, -0.1) is 11.6 Å². The Morgan fingerprint density at radius 1 is 1.27 bits per heavy atom. The van der Waals surface area contributed by atoms with Crippen LogP contribution in [0.3, 0.4) is 0 Å². The molecule has 0 aliphatic carbocycles. The van der Waals surface area contributed by atoms with Crippen molar-refractivity contribution in [3.05, 3.63) is 53.2 Å². The summed E-state index contributed by atoms with van der Waals surface area (Å²) in [6.45, 7) is -0.497. The fraction of sp³-hybridized carbons (Fsp3) is 0.267. The summed E-state index contributed by atoms with van der Waals surface area (Å²) >= 11 is 5.49. The lowest BCUT2D eigenvalue weighted by Gasteiger charge is -2.07. The number of aliphatic hydroxyl groups is 1. The number of esters is 1. The highest BCUT2D eigenvalue weighted by atomic mass is 35.5. The lowest BCUT2D eigenvalue weighted by molar-refractivity contribution is -0.136. The second-order valence-electron chi connectivity index (χ2n) is 4.26. The van der Waals surface area contributed by atoms with Gasteiger partial charge in [0, 0.05) is 5.88 Å². The Hall–Kier alpha value is -2.21. The van der Waals surface area contributed by atoms with E-state index in [1.165, 1.54) is 6.08 Å².